The third-order valence-electron chi connectivity index (χ3n) is 5.62. The Morgan fingerprint density at radius 3 is 2.14 bits per heavy atom. The van der Waals surface area contributed by atoms with Gasteiger partial charge >= 0.3 is 0 Å². The van der Waals surface area contributed by atoms with Gasteiger partial charge in [-0.05, 0) is 19.8 Å². The van der Waals surface area contributed by atoms with Crippen LogP contribution < -0.4 is 14.7 Å². The fourth-order valence-corrected chi connectivity index (χ4v) is 4.12. The van der Waals surface area contributed by atoms with Gasteiger partial charge < -0.3 is 19.3 Å². The third-order valence-corrected chi connectivity index (χ3v) is 5.62. The van der Waals surface area contributed by atoms with E-state index in [4.69, 9.17) is 4.98 Å². The Labute approximate surface area is 164 Å². The largest absolute Gasteiger partial charge is 0.356 e. The van der Waals surface area contributed by atoms with Crippen molar-refractivity contribution in [1.29, 1.82) is 0 Å². The molecule has 0 radical (unpaired) electrons. The Kier molecular flexibility index (Phi) is 4.22. The Morgan fingerprint density at radius 2 is 1.43 bits per heavy atom. The summed E-state index contributed by atoms with van der Waals surface area (Å²) in [5.41, 5.74) is 1.74. The van der Waals surface area contributed by atoms with E-state index in [9.17, 15) is 0 Å². The minimum absolute atomic E-state index is 0.841. The number of anilines is 3. The summed E-state index contributed by atoms with van der Waals surface area (Å²) in [5, 5.41) is 0. The van der Waals surface area contributed by atoms with Crippen LogP contribution in [0.25, 0.3) is 11.2 Å². The molecule has 0 aromatic carbocycles. The zero-order chi connectivity index (χ0) is 19.1. The lowest BCUT2D eigenvalue weighted by atomic mass is 10.3. The molecule has 146 valence electrons. The number of aryl methyl sites for hydroxylation is 2. The van der Waals surface area contributed by atoms with Gasteiger partial charge in [-0.15, -0.1) is 0 Å². The number of piperazine rings is 1. The van der Waals surface area contributed by atoms with Crippen LogP contribution in [0.5, 0.6) is 0 Å². The van der Waals surface area contributed by atoms with Crippen LogP contribution in [0.4, 0.5) is 17.5 Å². The average Bonchev–Trinajstić information content (AvgIpc) is 3.38. The summed E-state index contributed by atoms with van der Waals surface area (Å²) in [6, 6.07) is 2.15. The number of imidazole rings is 1. The summed E-state index contributed by atoms with van der Waals surface area (Å²) in [4.78, 5) is 29.7. The number of hydrogen-bond acceptors (Lipinski definition) is 8. The first kappa shape index (κ1) is 17.2. The van der Waals surface area contributed by atoms with Crippen molar-refractivity contribution in [3.05, 3.63) is 24.5 Å². The van der Waals surface area contributed by atoms with Crippen LogP contribution in [0.3, 0.4) is 0 Å². The maximum atomic E-state index is 4.71. The molecule has 3 aromatic rings. The lowest BCUT2D eigenvalue weighted by Gasteiger charge is -2.36. The molecule has 5 rings (SSSR count). The van der Waals surface area contributed by atoms with Crippen LogP contribution in [0.1, 0.15) is 18.7 Å². The number of aromatic nitrogens is 6. The SMILES string of the molecule is Cc1nc(N2CCCC2)cc(N2CCN(c3ncnc4c3ncn4C)CC2)n1. The van der Waals surface area contributed by atoms with Crippen molar-refractivity contribution >= 4 is 28.6 Å². The topological polar surface area (TPSA) is 79.1 Å². The Hall–Kier alpha value is -2.97. The molecule has 5 heterocycles. The van der Waals surface area contributed by atoms with Gasteiger partial charge in [0.2, 0.25) is 0 Å². The number of rotatable bonds is 3. The molecule has 0 saturated carbocycles. The minimum Gasteiger partial charge on any atom is -0.356 e. The number of hydrogen-bond donors (Lipinski definition) is 0. The van der Waals surface area contributed by atoms with E-state index in [-0.39, 0.29) is 0 Å². The first-order chi connectivity index (χ1) is 13.7. The van der Waals surface area contributed by atoms with Gasteiger partial charge in [-0.3, -0.25) is 0 Å². The van der Waals surface area contributed by atoms with Crippen LogP contribution in [-0.2, 0) is 7.05 Å². The van der Waals surface area contributed by atoms with Crippen LogP contribution in [0.15, 0.2) is 18.7 Å². The maximum absolute atomic E-state index is 4.71. The molecule has 9 nitrogen and oxygen atoms in total. The van der Waals surface area contributed by atoms with Crippen molar-refractivity contribution in [2.45, 2.75) is 19.8 Å². The monoisotopic (exact) mass is 379 g/mol. The number of nitrogens with zero attached hydrogens (tertiary/aromatic N) is 9. The molecule has 0 aliphatic carbocycles. The molecule has 9 heteroatoms. The maximum Gasteiger partial charge on any atom is 0.165 e. The Bertz CT molecular complexity index is 984. The summed E-state index contributed by atoms with van der Waals surface area (Å²) in [7, 11) is 1.96. The smallest absolute Gasteiger partial charge is 0.165 e. The lowest BCUT2D eigenvalue weighted by Crippen LogP contribution is -2.47. The van der Waals surface area contributed by atoms with Gasteiger partial charge in [0.25, 0.3) is 0 Å². The Balaban J connectivity index is 1.34. The van der Waals surface area contributed by atoms with E-state index in [0.717, 1.165) is 73.7 Å². The van der Waals surface area contributed by atoms with E-state index in [1.807, 2.05) is 18.5 Å². The molecule has 3 aromatic heterocycles. The van der Waals surface area contributed by atoms with E-state index in [2.05, 4.69) is 40.7 Å². The molecule has 2 saturated heterocycles. The summed E-state index contributed by atoms with van der Waals surface area (Å²) in [6.07, 6.45) is 5.92. The van der Waals surface area contributed by atoms with Crippen molar-refractivity contribution in [2.75, 3.05) is 54.0 Å². The van der Waals surface area contributed by atoms with Gasteiger partial charge in [0.15, 0.2) is 17.0 Å². The zero-order valence-corrected chi connectivity index (χ0v) is 16.4. The molecular weight excluding hydrogens is 354 g/mol. The van der Waals surface area contributed by atoms with E-state index in [1.54, 1.807) is 12.7 Å². The normalized spacial score (nSPS) is 17.7. The molecule has 0 amide bonds. The van der Waals surface area contributed by atoms with Crippen molar-refractivity contribution in [3.63, 3.8) is 0 Å². The highest BCUT2D eigenvalue weighted by atomic mass is 15.3. The molecule has 2 fully saturated rings. The van der Waals surface area contributed by atoms with Crippen molar-refractivity contribution in [1.82, 2.24) is 29.5 Å². The Morgan fingerprint density at radius 1 is 0.786 bits per heavy atom. The zero-order valence-electron chi connectivity index (χ0n) is 16.4. The molecule has 0 unspecified atom stereocenters. The fourth-order valence-electron chi connectivity index (χ4n) is 4.12. The van der Waals surface area contributed by atoms with Gasteiger partial charge in [-0.25, -0.2) is 24.9 Å². The van der Waals surface area contributed by atoms with Gasteiger partial charge in [0.1, 0.15) is 23.8 Å². The van der Waals surface area contributed by atoms with E-state index in [1.165, 1.54) is 12.8 Å². The van der Waals surface area contributed by atoms with E-state index in [0.29, 0.717) is 0 Å². The standard InChI is InChI=1S/C19H25N9/c1-14-23-15(26-5-3-4-6-26)11-16(24-14)27-7-9-28(10-8-27)19-17-18(20-12-21-19)25(2)13-22-17/h11-13H,3-10H2,1-2H3. The molecular formula is C19H25N9. The fraction of sp³-hybridized carbons (Fsp3) is 0.526. The van der Waals surface area contributed by atoms with Crippen LogP contribution in [0.2, 0.25) is 0 Å². The second-order valence-corrected chi connectivity index (χ2v) is 7.52. The summed E-state index contributed by atoms with van der Waals surface area (Å²) in [6.45, 7) is 7.73. The molecule has 0 atom stereocenters. The first-order valence-electron chi connectivity index (χ1n) is 9.91. The molecule has 2 aliphatic heterocycles. The minimum atomic E-state index is 0.841. The van der Waals surface area contributed by atoms with Crippen molar-refractivity contribution in [3.8, 4) is 0 Å². The highest BCUT2D eigenvalue weighted by Crippen LogP contribution is 2.26. The quantitative estimate of drug-likeness (QED) is 0.676. The highest BCUT2D eigenvalue weighted by Gasteiger charge is 2.23. The van der Waals surface area contributed by atoms with Crippen molar-refractivity contribution in [2.24, 2.45) is 7.05 Å². The molecule has 0 N–H and O–H groups in total. The predicted molar refractivity (Wildman–Crippen MR) is 109 cm³/mol. The van der Waals surface area contributed by atoms with Crippen LogP contribution in [-0.4, -0.2) is 68.8 Å². The second-order valence-electron chi connectivity index (χ2n) is 7.52. The number of fused-ring (bicyclic) bond motifs is 1. The predicted octanol–water partition coefficient (Wildman–Crippen LogP) is 1.39. The third kappa shape index (κ3) is 3.00. The van der Waals surface area contributed by atoms with E-state index >= 15 is 0 Å². The summed E-state index contributed by atoms with van der Waals surface area (Å²) < 4.78 is 1.93. The van der Waals surface area contributed by atoms with Gasteiger partial charge in [0.05, 0.1) is 6.33 Å². The molecule has 28 heavy (non-hydrogen) atoms. The lowest BCUT2D eigenvalue weighted by molar-refractivity contribution is 0.640. The average molecular weight is 379 g/mol. The molecule has 2 aliphatic rings. The van der Waals surface area contributed by atoms with Crippen LogP contribution >= 0.6 is 0 Å². The van der Waals surface area contributed by atoms with Gasteiger partial charge in [-0.1, -0.05) is 0 Å². The van der Waals surface area contributed by atoms with Gasteiger partial charge in [0, 0.05) is 52.4 Å². The molecule has 0 bridgehead atoms. The van der Waals surface area contributed by atoms with Crippen LogP contribution in [0, 0.1) is 6.92 Å². The second kappa shape index (κ2) is 6.88. The summed E-state index contributed by atoms with van der Waals surface area (Å²) >= 11 is 0. The summed E-state index contributed by atoms with van der Waals surface area (Å²) in [5.74, 6) is 3.85. The highest BCUT2D eigenvalue weighted by molar-refractivity contribution is 5.83. The van der Waals surface area contributed by atoms with Gasteiger partial charge in [-0.2, -0.15) is 0 Å². The van der Waals surface area contributed by atoms with E-state index < -0.39 is 0 Å². The molecule has 0 spiro atoms. The first-order valence-corrected chi connectivity index (χ1v) is 9.91. The van der Waals surface area contributed by atoms with Crippen molar-refractivity contribution < 1.29 is 0 Å².